The van der Waals surface area contributed by atoms with Gasteiger partial charge in [-0.3, -0.25) is 0 Å². The van der Waals surface area contributed by atoms with E-state index in [1.165, 1.54) is 143 Å². The van der Waals surface area contributed by atoms with E-state index in [9.17, 15) is 0 Å². The van der Waals surface area contributed by atoms with E-state index in [-0.39, 0.29) is 39.5 Å². The third-order valence-electron chi connectivity index (χ3n) is 21.2. The number of rotatable bonds is 5. The predicted octanol–water partition coefficient (Wildman–Crippen LogP) is 17.9. The van der Waals surface area contributed by atoms with Crippen LogP contribution in [0.25, 0.3) is 33.0 Å². The summed E-state index contributed by atoms with van der Waals surface area (Å²) in [6.45, 7) is 22.2. The summed E-state index contributed by atoms with van der Waals surface area (Å²) in [5.41, 5.74) is 25.0. The van der Waals surface area contributed by atoms with Crippen molar-refractivity contribution >= 4 is 73.7 Å². The van der Waals surface area contributed by atoms with Crippen LogP contribution in [0.5, 0.6) is 0 Å². The highest BCUT2D eigenvalue weighted by Crippen LogP contribution is 2.66. The second-order valence-corrected chi connectivity index (χ2v) is 27.3. The van der Waals surface area contributed by atoms with E-state index < -0.39 is 0 Å². The van der Waals surface area contributed by atoms with Crippen LogP contribution in [0.4, 0.5) is 39.8 Å². The van der Waals surface area contributed by atoms with Crippen molar-refractivity contribution in [2.75, 3.05) is 14.7 Å². The average Bonchev–Trinajstić information content (AvgIpc) is 2.04. The van der Waals surface area contributed by atoms with Gasteiger partial charge in [0.25, 0.3) is 6.71 Å². The molecule has 0 bridgehead atoms. The molecule has 2 fully saturated rings. The molecule has 0 aromatic heterocycles. The maximum Gasteiger partial charge on any atom is 0.252 e. The van der Waals surface area contributed by atoms with Gasteiger partial charge >= 0.3 is 0 Å². The molecule has 4 atom stereocenters. The molecular formula is C75H74BN3. The first-order chi connectivity index (χ1) is 38.0. The summed E-state index contributed by atoms with van der Waals surface area (Å²) in [4.78, 5) is 8.58. The van der Waals surface area contributed by atoms with E-state index in [1.54, 1.807) is 0 Å². The fourth-order valence-electron chi connectivity index (χ4n) is 16.9. The molecule has 6 aliphatic rings. The molecule has 0 N–H and O–H groups in total. The van der Waals surface area contributed by atoms with Crippen LogP contribution in [-0.4, -0.2) is 17.8 Å². The van der Waals surface area contributed by atoms with Gasteiger partial charge in [0.2, 0.25) is 0 Å². The molecular weight excluding hydrogens is 954 g/mol. The summed E-state index contributed by atoms with van der Waals surface area (Å²) >= 11 is 0. The SMILES string of the molecule is CC(C)(C)c1ccc2c(c1)B1c3cccc4c3N(c3cc(N5c6ccc(-c7ccccc7)cc6C6(C)CCCCC56C)cc(c31)N2c1ccc(C(C)(C)C)cc1-c1ccc2ccccc2c1)C1(C)CCCCC41c1ccccc1. The van der Waals surface area contributed by atoms with Crippen LogP contribution in [0, 0.1) is 0 Å². The highest BCUT2D eigenvalue weighted by Gasteiger charge is 2.65. The minimum atomic E-state index is -0.234. The zero-order valence-electron chi connectivity index (χ0n) is 48.0. The normalized spacial score (nSPS) is 23.5. The molecule has 4 heterocycles. The number of fused-ring (bicyclic) bond motifs is 11. The first-order valence-electron chi connectivity index (χ1n) is 29.8. The predicted molar refractivity (Wildman–Crippen MR) is 337 cm³/mol. The zero-order chi connectivity index (χ0) is 54.0. The average molecular weight is 1030 g/mol. The Balaban J connectivity index is 1.07. The first kappa shape index (κ1) is 48.8. The number of anilines is 7. The zero-order valence-corrected chi connectivity index (χ0v) is 48.0. The van der Waals surface area contributed by atoms with Crippen LogP contribution < -0.4 is 31.1 Å². The van der Waals surface area contributed by atoms with E-state index in [4.69, 9.17) is 0 Å². The van der Waals surface area contributed by atoms with Gasteiger partial charge < -0.3 is 14.7 Å². The van der Waals surface area contributed by atoms with Crippen molar-refractivity contribution in [3.8, 4) is 22.3 Å². The lowest BCUT2D eigenvalue weighted by Crippen LogP contribution is -2.65. The van der Waals surface area contributed by atoms with Crippen molar-refractivity contribution < 1.29 is 0 Å². The Bertz CT molecular complexity index is 3980. The number of hydrogen-bond donors (Lipinski definition) is 0. The molecule has 0 radical (unpaired) electrons. The summed E-state index contributed by atoms with van der Waals surface area (Å²) in [6.07, 6.45) is 9.39. The van der Waals surface area contributed by atoms with Crippen LogP contribution in [0.3, 0.4) is 0 Å². The van der Waals surface area contributed by atoms with Gasteiger partial charge in [0, 0.05) is 50.5 Å². The lowest BCUT2D eigenvalue weighted by molar-refractivity contribution is 0.195. The Morgan fingerprint density at radius 3 is 1.81 bits per heavy atom. The number of para-hydroxylation sites is 1. The molecule has 4 heteroatoms. The summed E-state index contributed by atoms with van der Waals surface area (Å²) in [5, 5.41) is 2.52. The van der Waals surface area contributed by atoms with Crippen molar-refractivity contribution in [3.63, 3.8) is 0 Å². The highest BCUT2D eigenvalue weighted by atomic mass is 15.3. The van der Waals surface area contributed by atoms with Gasteiger partial charge in [-0.25, -0.2) is 0 Å². The third kappa shape index (κ3) is 6.67. The van der Waals surface area contributed by atoms with E-state index in [0.29, 0.717) is 0 Å². The monoisotopic (exact) mass is 1030 g/mol. The summed E-state index contributed by atoms with van der Waals surface area (Å²) in [6, 6.07) is 74.2. The summed E-state index contributed by atoms with van der Waals surface area (Å²) in [5.74, 6) is 0. The third-order valence-corrected chi connectivity index (χ3v) is 21.2. The number of nitrogens with zero attached hydrogens (tertiary/aromatic N) is 3. The van der Waals surface area contributed by atoms with E-state index >= 15 is 0 Å². The molecule has 79 heavy (non-hydrogen) atoms. The first-order valence-corrected chi connectivity index (χ1v) is 29.8. The van der Waals surface area contributed by atoms with Crippen LogP contribution >= 0.6 is 0 Å². The van der Waals surface area contributed by atoms with Crippen molar-refractivity contribution in [2.24, 2.45) is 0 Å². The Labute approximate surface area is 470 Å². The molecule has 3 nitrogen and oxygen atoms in total. The smallest absolute Gasteiger partial charge is 0.252 e. The Morgan fingerprint density at radius 2 is 1.05 bits per heavy atom. The van der Waals surface area contributed by atoms with Crippen molar-refractivity contribution in [2.45, 2.75) is 146 Å². The molecule has 2 aliphatic carbocycles. The fraction of sp³-hybridized carbons (Fsp3) is 0.307. The largest absolute Gasteiger partial charge is 0.335 e. The van der Waals surface area contributed by atoms with Gasteiger partial charge in [0.15, 0.2) is 0 Å². The molecule has 392 valence electrons. The van der Waals surface area contributed by atoms with E-state index in [1.807, 2.05) is 0 Å². The maximum absolute atomic E-state index is 2.96. The molecule has 4 aliphatic heterocycles. The van der Waals surface area contributed by atoms with E-state index in [2.05, 4.69) is 265 Å². The fourth-order valence-corrected chi connectivity index (χ4v) is 16.9. The van der Waals surface area contributed by atoms with Gasteiger partial charge in [0.05, 0.1) is 16.8 Å². The maximum atomic E-state index is 2.96. The quantitative estimate of drug-likeness (QED) is 0.159. The van der Waals surface area contributed by atoms with Gasteiger partial charge in [-0.05, 0) is 171 Å². The standard InChI is InChI=1S/C75H74BN3/c1-70(2,3)55-34-37-63(58(45-55)53-32-31-50-25-16-17-26-51(50)43-53)77-65-38-35-56(71(4,5)6)46-62(65)76-61-30-22-29-59-69(61)79(74(9)41-20-21-42-75(59,74)54-27-14-11-15-28-54)67-48-57(47-66(77)68(67)76)78-64-36-33-52(49-23-12-10-13-24-49)44-60(64)72(7)39-18-19-40-73(72,78)8/h10-17,22-38,43-48H,18-21,39-42H2,1-9H3. The molecule has 4 unspecified atom stereocenters. The summed E-state index contributed by atoms with van der Waals surface area (Å²) < 4.78 is 0. The molecule has 15 rings (SSSR count). The van der Waals surface area contributed by atoms with Crippen molar-refractivity contribution in [3.05, 3.63) is 216 Å². The summed E-state index contributed by atoms with van der Waals surface area (Å²) in [7, 11) is 0. The van der Waals surface area contributed by atoms with Gasteiger partial charge in [-0.1, -0.05) is 214 Å². The molecule has 9 aromatic carbocycles. The lowest BCUT2D eigenvalue weighted by atomic mass is 9.33. The Kier molecular flexibility index (Phi) is 10.4. The van der Waals surface area contributed by atoms with Crippen LogP contribution in [0.2, 0.25) is 0 Å². The number of benzene rings is 9. The van der Waals surface area contributed by atoms with Crippen LogP contribution in [0.1, 0.15) is 141 Å². The van der Waals surface area contributed by atoms with Gasteiger partial charge in [0.1, 0.15) is 0 Å². The second-order valence-electron chi connectivity index (χ2n) is 27.3. The van der Waals surface area contributed by atoms with Gasteiger partial charge in [-0.2, -0.15) is 0 Å². The minimum Gasteiger partial charge on any atom is -0.335 e. The van der Waals surface area contributed by atoms with Crippen LogP contribution in [-0.2, 0) is 21.7 Å². The second kappa shape index (κ2) is 16.9. The molecule has 0 saturated heterocycles. The minimum absolute atomic E-state index is 0.0168. The molecule has 2 saturated carbocycles. The molecule has 9 aromatic rings. The van der Waals surface area contributed by atoms with Crippen molar-refractivity contribution in [1.29, 1.82) is 0 Å². The lowest BCUT2D eigenvalue weighted by Gasteiger charge is -2.54. The van der Waals surface area contributed by atoms with Crippen molar-refractivity contribution in [1.82, 2.24) is 0 Å². The Morgan fingerprint density at radius 1 is 0.418 bits per heavy atom. The Hall–Kier alpha value is -7.30. The molecule has 0 spiro atoms. The van der Waals surface area contributed by atoms with Gasteiger partial charge in [-0.15, -0.1) is 0 Å². The highest BCUT2D eigenvalue weighted by molar-refractivity contribution is 7.00. The van der Waals surface area contributed by atoms with E-state index in [0.717, 1.165) is 25.7 Å². The molecule has 0 amide bonds. The number of hydrogen-bond acceptors (Lipinski definition) is 3. The van der Waals surface area contributed by atoms with Crippen LogP contribution in [0.15, 0.2) is 188 Å². The topological polar surface area (TPSA) is 9.72 Å².